The van der Waals surface area contributed by atoms with Crippen molar-refractivity contribution in [1.82, 2.24) is 4.90 Å². The van der Waals surface area contributed by atoms with Crippen molar-refractivity contribution in [3.63, 3.8) is 0 Å². The Bertz CT molecular complexity index is 469. The second-order valence-corrected chi connectivity index (χ2v) is 6.79. The molecule has 1 fully saturated rings. The molecular formula is C16H25BrFN3. The average molecular weight is 358 g/mol. The average Bonchev–Trinajstić information content (AvgIpc) is 2.67. The number of likely N-dealkylation sites (tertiary alicyclic amines) is 1. The Balaban J connectivity index is 2.08. The van der Waals surface area contributed by atoms with Gasteiger partial charge in [0.2, 0.25) is 0 Å². The van der Waals surface area contributed by atoms with Crippen molar-refractivity contribution < 1.29 is 4.39 Å². The van der Waals surface area contributed by atoms with Crippen LogP contribution in [0.1, 0.15) is 32.6 Å². The maximum atomic E-state index is 13.3. The number of nitrogens with zero attached hydrogens (tertiary/aromatic N) is 1. The van der Waals surface area contributed by atoms with Crippen LogP contribution in [0.4, 0.5) is 10.1 Å². The number of anilines is 1. The highest BCUT2D eigenvalue weighted by atomic mass is 79.9. The molecule has 1 aromatic carbocycles. The first kappa shape index (κ1) is 16.7. The van der Waals surface area contributed by atoms with E-state index in [-0.39, 0.29) is 11.4 Å². The predicted molar refractivity (Wildman–Crippen MR) is 90.1 cm³/mol. The van der Waals surface area contributed by atoms with Gasteiger partial charge in [0.05, 0.1) is 10.0 Å². The first-order chi connectivity index (χ1) is 10.1. The summed E-state index contributed by atoms with van der Waals surface area (Å²) in [6.07, 6.45) is 4.41. The van der Waals surface area contributed by atoms with Crippen LogP contribution in [0, 0.1) is 5.82 Å². The van der Waals surface area contributed by atoms with Crippen molar-refractivity contribution in [1.29, 1.82) is 0 Å². The highest BCUT2D eigenvalue weighted by molar-refractivity contribution is 9.10. The Kier molecular flexibility index (Phi) is 6.02. The zero-order valence-electron chi connectivity index (χ0n) is 12.7. The quantitative estimate of drug-likeness (QED) is 0.845. The molecule has 118 valence electrons. The van der Waals surface area contributed by atoms with E-state index in [4.69, 9.17) is 5.73 Å². The number of benzene rings is 1. The fourth-order valence-electron chi connectivity index (χ4n) is 3.05. The van der Waals surface area contributed by atoms with Crippen LogP contribution in [-0.4, -0.2) is 36.6 Å². The number of nitrogens with two attached hydrogens (primary N) is 1. The molecule has 3 nitrogen and oxygen atoms in total. The van der Waals surface area contributed by atoms with E-state index in [1.54, 1.807) is 12.1 Å². The van der Waals surface area contributed by atoms with E-state index in [0.717, 1.165) is 44.6 Å². The van der Waals surface area contributed by atoms with Gasteiger partial charge in [-0.05, 0) is 72.9 Å². The maximum absolute atomic E-state index is 13.3. The number of nitrogens with one attached hydrogen (secondary N) is 1. The molecule has 0 aliphatic carbocycles. The van der Waals surface area contributed by atoms with E-state index >= 15 is 0 Å². The number of rotatable bonds is 5. The van der Waals surface area contributed by atoms with Crippen LogP contribution >= 0.6 is 15.9 Å². The summed E-state index contributed by atoms with van der Waals surface area (Å²) in [7, 11) is 0. The Morgan fingerprint density at radius 2 is 2.19 bits per heavy atom. The highest BCUT2D eigenvalue weighted by Gasteiger charge is 2.31. The summed E-state index contributed by atoms with van der Waals surface area (Å²) in [5.74, 6) is -0.239. The minimum Gasteiger partial charge on any atom is -0.378 e. The van der Waals surface area contributed by atoms with Gasteiger partial charge in [0.15, 0.2) is 0 Å². The minimum atomic E-state index is -0.239. The third-order valence-electron chi connectivity index (χ3n) is 4.30. The molecule has 1 unspecified atom stereocenters. The van der Waals surface area contributed by atoms with E-state index < -0.39 is 0 Å². The summed E-state index contributed by atoms with van der Waals surface area (Å²) in [5.41, 5.74) is 6.92. The van der Waals surface area contributed by atoms with Crippen molar-refractivity contribution >= 4 is 21.6 Å². The number of hydrogen-bond acceptors (Lipinski definition) is 3. The number of halogens is 2. The molecule has 0 spiro atoms. The molecule has 1 aliphatic heterocycles. The summed E-state index contributed by atoms with van der Waals surface area (Å²) >= 11 is 3.24. The van der Waals surface area contributed by atoms with Gasteiger partial charge < -0.3 is 16.0 Å². The fraction of sp³-hybridized carbons (Fsp3) is 0.625. The molecule has 0 bridgehead atoms. The van der Waals surface area contributed by atoms with Gasteiger partial charge in [-0.3, -0.25) is 0 Å². The molecule has 1 aromatic rings. The van der Waals surface area contributed by atoms with Crippen molar-refractivity contribution in [2.24, 2.45) is 5.73 Å². The maximum Gasteiger partial charge on any atom is 0.137 e. The van der Waals surface area contributed by atoms with Gasteiger partial charge in [-0.1, -0.05) is 6.92 Å². The molecule has 5 heteroatoms. The first-order valence-corrected chi connectivity index (χ1v) is 8.53. The normalized spacial score (nSPS) is 23.8. The minimum absolute atomic E-state index is 0.0836. The molecule has 0 amide bonds. The smallest absolute Gasteiger partial charge is 0.137 e. The van der Waals surface area contributed by atoms with Gasteiger partial charge >= 0.3 is 0 Å². The summed E-state index contributed by atoms with van der Waals surface area (Å²) in [5, 5.41) is 3.57. The molecule has 1 saturated heterocycles. The predicted octanol–water partition coefficient (Wildman–Crippen LogP) is 3.59. The lowest BCUT2D eigenvalue weighted by Gasteiger charge is -2.34. The van der Waals surface area contributed by atoms with Crippen LogP contribution in [0.25, 0.3) is 0 Å². The van der Waals surface area contributed by atoms with Crippen LogP contribution in [0.2, 0.25) is 0 Å². The topological polar surface area (TPSA) is 41.3 Å². The van der Waals surface area contributed by atoms with Crippen LogP contribution in [0.15, 0.2) is 22.7 Å². The molecule has 0 radical (unpaired) electrons. The molecule has 2 rings (SSSR count). The lowest BCUT2D eigenvalue weighted by molar-refractivity contribution is 0.279. The fourth-order valence-corrected chi connectivity index (χ4v) is 3.43. The van der Waals surface area contributed by atoms with Gasteiger partial charge in [-0.25, -0.2) is 4.39 Å². The number of hydrogen-bond donors (Lipinski definition) is 2. The van der Waals surface area contributed by atoms with Gasteiger partial charge in [0.25, 0.3) is 0 Å². The van der Waals surface area contributed by atoms with E-state index in [9.17, 15) is 4.39 Å². The van der Waals surface area contributed by atoms with E-state index in [2.05, 4.69) is 33.1 Å². The first-order valence-electron chi connectivity index (χ1n) is 7.74. The zero-order valence-corrected chi connectivity index (χ0v) is 14.3. The van der Waals surface area contributed by atoms with Gasteiger partial charge in [-0.15, -0.1) is 0 Å². The molecule has 1 atom stereocenters. The van der Waals surface area contributed by atoms with Gasteiger partial charge in [0.1, 0.15) is 5.82 Å². The van der Waals surface area contributed by atoms with Crippen molar-refractivity contribution in [2.45, 2.75) is 38.1 Å². The Hall–Kier alpha value is -0.650. The second kappa shape index (κ2) is 7.56. The molecule has 1 heterocycles. The lowest BCUT2D eigenvalue weighted by atomic mass is 9.90. The molecular weight excluding hydrogens is 333 g/mol. The summed E-state index contributed by atoms with van der Waals surface area (Å²) < 4.78 is 13.8. The standard InChI is InChI=1S/C16H25BrFN3/c1-2-8-21-9-3-6-16(12-19,7-10-21)20-13-4-5-15(18)14(17)11-13/h4-5,11,20H,2-3,6-10,12,19H2,1H3. The zero-order chi connectivity index (χ0) is 15.3. The van der Waals surface area contributed by atoms with Crippen LogP contribution in [0.5, 0.6) is 0 Å². The molecule has 21 heavy (non-hydrogen) atoms. The third kappa shape index (κ3) is 4.41. The molecule has 0 aromatic heterocycles. The summed E-state index contributed by atoms with van der Waals surface area (Å²) in [4.78, 5) is 2.51. The molecule has 1 aliphatic rings. The van der Waals surface area contributed by atoms with Crippen LogP contribution < -0.4 is 11.1 Å². The Morgan fingerprint density at radius 3 is 2.86 bits per heavy atom. The third-order valence-corrected chi connectivity index (χ3v) is 4.90. The second-order valence-electron chi connectivity index (χ2n) is 5.93. The monoisotopic (exact) mass is 357 g/mol. The summed E-state index contributed by atoms with van der Waals surface area (Å²) in [6.45, 7) is 6.19. The van der Waals surface area contributed by atoms with E-state index in [0.29, 0.717) is 11.0 Å². The van der Waals surface area contributed by atoms with Crippen molar-refractivity contribution in [3.8, 4) is 0 Å². The Labute approximate surface area is 135 Å². The van der Waals surface area contributed by atoms with E-state index in [1.165, 1.54) is 12.5 Å². The van der Waals surface area contributed by atoms with Crippen molar-refractivity contribution in [3.05, 3.63) is 28.5 Å². The van der Waals surface area contributed by atoms with Crippen molar-refractivity contribution in [2.75, 3.05) is 31.5 Å². The molecule has 3 N–H and O–H groups in total. The Morgan fingerprint density at radius 1 is 1.38 bits per heavy atom. The lowest BCUT2D eigenvalue weighted by Crippen LogP contribution is -2.46. The van der Waals surface area contributed by atoms with Gasteiger partial charge in [-0.2, -0.15) is 0 Å². The SMILES string of the molecule is CCCN1CCCC(CN)(Nc2ccc(F)c(Br)c2)CC1. The summed E-state index contributed by atoms with van der Waals surface area (Å²) in [6, 6.07) is 5.06. The molecule has 0 saturated carbocycles. The highest BCUT2D eigenvalue weighted by Crippen LogP contribution is 2.28. The van der Waals surface area contributed by atoms with Crippen LogP contribution in [0.3, 0.4) is 0 Å². The van der Waals surface area contributed by atoms with E-state index in [1.807, 2.05) is 0 Å². The largest absolute Gasteiger partial charge is 0.378 e. The van der Waals surface area contributed by atoms with Gasteiger partial charge in [0, 0.05) is 18.8 Å². The van der Waals surface area contributed by atoms with Crippen LogP contribution in [-0.2, 0) is 0 Å².